The predicted octanol–water partition coefficient (Wildman–Crippen LogP) is 3.48. The Bertz CT molecular complexity index is 699. The number of anilines is 1. The lowest BCUT2D eigenvalue weighted by Crippen LogP contribution is -2.17. The van der Waals surface area contributed by atoms with Gasteiger partial charge in [0.05, 0.1) is 22.6 Å². The smallest absolute Gasteiger partial charge is 0.256 e. The van der Waals surface area contributed by atoms with Gasteiger partial charge in [-0.05, 0) is 44.6 Å². The molecule has 1 unspecified atom stereocenters. The molecule has 1 aliphatic rings. The van der Waals surface area contributed by atoms with Crippen LogP contribution in [0.5, 0.6) is 0 Å². The topological polar surface area (TPSA) is 46.9 Å². The van der Waals surface area contributed by atoms with Crippen molar-refractivity contribution in [1.82, 2.24) is 9.78 Å². The molecule has 5 heteroatoms. The normalized spacial score (nSPS) is 17.6. The van der Waals surface area contributed by atoms with Crippen LogP contribution in [0.15, 0.2) is 5.38 Å². The van der Waals surface area contributed by atoms with Crippen LogP contribution >= 0.6 is 11.3 Å². The molecular weight excluding hydrogens is 282 g/mol. The number of amides is 1. The van der Waals surface area contributed by atoms with Crippen molar-refractivity contribution in [2.45, 2.75) is 40.0 Å². The Kier molecular flexibility index (Phi) is 3.61. The average Bonchev–Trinajstić information content (AvgIpc) is 2.95. The van der Waals surface area contributed by atoms with Crippen molar-refractivity contribution < 1.29 is 4.79 Å². The van der Waals surface area contributed by atoms with E-state index in [9.17, 15) is 4.79 Å². The summed E-state index contributed by atoms with van der Waals surface area (Å²) in [5.74, 6) is 0.733. The van der Waals surface area contributed by atoms with Crippen LogP contribution in [0.25, 0.3) is 0 Å². The van der Waals surface area contributed by atoms with E-state index >= 15 is 0 Å². The van der Waals surface area contributed by atoms with E-state index in [4.69, 9.17) is 0 Å². The van der Waals surface area contributed by atoms with Crippen LogP contribution in [0.3, 0.4) is 0 Å². The number of nitrogens with zero attached hydrogens (tertiary/aromatic N) is 2. The Hall–Kier alpha value is -1.62. The lowest BCUT2D eigenvalue weighted by Gasteiger charge is -2.18. The predicted molar refractivity (Wildman–Crippen MR) is 86.1 cm³/mol. The monoisotopic (exact) mass is 303 g/mol. The van der Waals surface area contributed by atoms with Crippen LogP contribution < -0.4 is 5.32 Å². The highest BCUT2D eigenvalue weighted by atomic mass is 32.1. The second kappa shape index (κ2) is 5.30. The molecule has 0 aromatic carbocycles. The van der Waals surface area contributed by atoms with E-state index in [0.29, 0.717) is 0 Å². The minimum atomic E-state index is 0.00116. The molecule has 0 spiro atoms. The van der Waals surface area contributed by atoms with Crippen molar-refractivity contribution in [1.29, 1.82) is 0 Å². The van der Waals surface area contributed by atoms with Gasteiger partial charge in [-0.3, -0.25) is 9.48 Å². The summed E-state index contributed by atoms with van der Waals surface area (Å²) < 4.78 is 1.80. The van der Waals surface area contributed by atoms with E-state index in [0.717, 1.165) is 41.4 Å². The fraction of sp³-hybridized carbons (Fsp3) is 0.500. The first kappa shape index (κ1) is 14.3. The highest BCUT2D eigenvalue weighted by Gasteiger charge is 2.24. The van der Waals surface area contributed by atoms with Gasteiger partial charge in [0.25, 0.3) is 5.91 Å². The van der Waals surface area contributed by atoms with E-state index in [-0.39, 0.29) is 5.91 Å². The summed E-state index contributed by atoms with van der Waals surface area (Å²) in [7, 11) is 1.89. The zero-order valence-electron chi connectivity index (χ0n) is 13.0. The summed E-state index contributed by atoms with van der Waals surface area (Å²) in [5, 5.41) is 9.41. The lowest BCUT2D eigenvalue weighted by atomic mass is 9.88. The van der Waals surface area contributed by atoms with Gasteiger partial charge in [0, 0.05) is 17.3 Å². The van der Waals surface area contributed by atoms with Crippen molar-refractivity contribution in [2.75, 3.05) is 5.32 Å². The molecule has 0 fully saturated rings. The minimum absolute atomic E-state index is 0.00116. The molecule has 0 radical (unpaired) electrons. The van der Waals surface area contributed by atoms with Crippen LogP contribution in [0.1, 0.15) is 45.5 Å². The van der Waals surface area contributed by atoms with Crippen molar-refractivity contribution in [3.05, 3.63) is 32.8 Å². The summed E-state index contributed by atoms with van der Waals surface area (Å²) in [5.41, 5.74) is 4.80. The highest BCUT2D eigenvalue weighted by Crippen LogP contribution is 2.33. The van der Waals surface area contributed by atoms with Crippen LogP contribution in [0, 0.1) is 19.8 Å². The molecule has 2 aromatic rings. The summed E-state index contributed by atoms with van der Waals surface area (Å²) in [6.45, 7) is 6.18. The van der Waals surface area contributed by atoms with Gasteiger partial charge in [-0.2, -0.15) is 5.10 Å². The average molecular weight is 303 g/mol. The molecule has 2 heterocycles. The van der Waals surface area contributed by atoms with Gasteiger partial charge < -0.3 is 5.32 Å². The molecule has 1 atom stereocenters. The Morgan fingerprint density at radius 2 is 2.24 bits per heavy atom. The Balaban J connectivity index is 1.87. The molecule has 0 aliphatic heterocycles. The van der Waals surface area contributed by atoms with E-state index in [1.165, 1.54) is 16.9 Å². The largest absolute Gasteiger partial charge is 0.319 e. The summed E-state index contributed by atoms with van der Waals surface area (Å²) in [6.07, 6.45) is 3.31. The fourth-order valence-electron chi connectivity index (χ4n) is 3.00. The van der Waals surface area contributed by atoms with Gasteiger partial charge in [0.1, 0.15) is 0 Å². The zero-order chi connectivity index (χ0) is 15.1. The SMILES string of the molecule is Cc1nn(C)c(C)c1NC(=O)c1csc2c1CCC(C)C2. The van der Waals surface area contributed by atoms with Crippen molar-refractivity contribution in [3.8, 4) is 0 Å². The standard InChI is InChI=1S/C16H21N3OS/c1-9-5-6-12-13(8-21-14(12)7-9)16(20)17-15-10(2)18-19(4)11(15)3/h8-9H,5-7H2,1-4H3,(H,17,20). The van der Waals surface area contributed by atoms with Crippen molar-refractivity contribution >= 4 is 22.9 Å². The highest BCUT2D eigenvalue weighted by molar-refractivity contribution is 7.10. The Morgan fingerprint density at radius 3 is 2.90 bits per heavy atom. The molecule has 112 valence electrons. The minimum Gasteiger partial charge on any atom is -0.319 e. The number of fused-ring (bicyclic) bond motifs is 1. The maximum atomic E-state index is 12.6. The number of nitrogens with one attached hydrogen (secondary N) is 1. The molecule has 1 N–H and O–H groups in total. The third-order valence-corrected chi connectivity index (χ3v) is 5.45. The first-order valence-corrected chi connectivity index (χ1v) is 8.26. The summed E-state index contributed by atoms with van der Waals surface area (Å²) in [4.78, 5) is 14.0. The molecule has 2 aromatic heterocycles. The summed E-state index contributed by atoms with van der Waals surface area (Å²) in [6, 6.07) is 0. The number of thiophene rings is 1. The first-order chi connectivity index (χ1) is 9.97. The molecule has 3 rings (SSSR count). The second-order valence-electron chi connectivity index (χ2n) is 6.02. The summed E-state index contributed by atoms with van der Waals surface area (Å²) >= 11 is 1.73. The lowest BCUT2D eigenvalue weighted by molar-refractivity contribution is 0.102. The quantitative estimate of drug-likeness (QED) is 0.923. The third-order valence-electron chi connectivity index (χ3n) is 4.39. The van der Waals surface area contributed by atoms with Gasteiger partial charge in [0.2, 0.25) is 0 Å². The van der Waals surface area contributed by atoms with Crippen LogP contribution in [0.2, 0.25) is 0 Å². The van der Waals surface area contributed by atoms with Crippen LogP contribution in [-0.2, 0) is 19.9 Å². The van der Waals surface area contributed by atoms with Gasteiger partial charge in [0.15, 0.2) is 0 Å². The number of carbonyl (C=O) groups is 1. The molecule has 21 heavy (non-hydrogen) atoms. The molecule has 0 saturated carbocycles. The maximum Gasteiger partial charge on any atom is 0.256 e. The molecular formula is C16H21N3OS. The van der Waals surface area contributed by atoms with Gasteiger partial charge in [-0.25, -0.2) is 0 Å². The molecule has 0 saturated heterocycles. The van der Waals surface area contributed by atoms with E-state index in [1.807, 2.05) is 26.3 Å². The second-order valence-corrected chi connectivity index (χ2v) is 6.99. The number of aryl methyl sites for hydroxylation is 2. The van der Waals surface area contributed by atoms with Crippen molar-refractivity contribution in [2.24, 2.45) is 13.0 Å². The van der Waals surface area contributed by atoms with Crippen LogP contribution in [-0.4, -0.2) is 15.7 Å². The molecule has 1 amide bonds. The fourth-order valence-corrected chi connectivity index (χ4v) is 4.25. The molecule has 4 nitrogen and oxygen atoms in total. The van der Waals surface area contributed by atoms with Gasteiger partial charge >= 0.3 is 0 Å². The number of hydrogen-bond acceptors (Lipinski definition) is 3. The van der Waals surface area contributed by atoms with Gasteiger partial charge in [-0.15, -0.1) is 11.3 Å². The Labute approximate surface area is 129 Å². The molecule has 0 bridgehead atoms. The number of hydrogen-bond donors (Lipinski definition) is 1. The number of aromatic nitrogens is 2. The van der Waals surface area contributed by atoms with Gasteiger partial charge in [-0.1, -0.05) is 6.92 Å². The molecule has 1 aliphatic carbocycles. The zero-order valence-corrected chi connectivity index (χ0v) is 13.8. The maximum absolute atomic E-state index is 12.6. The van der Waals surface area contributed by atoms with Crippen LogP contribution in [0.4, 0.5) is 5.69 Å². The Morgan fingerprint density at radius 1 is 1.48 bits per heavy atom. The van der Waals surface area contributed by atoms with Crippen molar-refractivity contribution in [3.63, 3.8) is 0 Å². The van der Waals surface area contributed by atoms with E-state index in [2.05, 4.69) is 17.3 Å². The number of rotatable bonds is 2. The number of carbonyl (C=O) groups excluding carboxylic acids is 1. The third kappa shape index (κ3) is 2.50. The van der Waals surface area contributed by atoms with E-state index < -0.39 is 0 Å². The van der Waals surface area contributed by atoms with E-state index in [1.54, 1.807) is 16.0 Å². The first-order valence-electron chi connectivity index (χ1n) is 7.38.